The number of nitrogen functional groups attached to an aromatic ring is 1. The molecule has 1 aromatic carbocycles. The van der Waals surface area contributed by atoms with E-state index in [1.54, 1.807) is 0 Å². The van der Waals surface area contributed by atoms with Crippen LogP contribution in [-0.4, -0.2) is 16.8 Å². The van der Waals surface area contributed by atoms with Gasteiger partial charge in [-0.25, -0.2) is 4.68 Å². The second kappa shape index (κ2) is 5.53. The van der Waals surface area contributed by atoms with Crippen molar-refractivity contribution in [1.82, 2.24) is 9.78 Å². The Hall–Kier alpha value is -1.68. The van der Waals surface area contributed by atoms with Crippen LogP contribution in [0.1, 0.15) is 18.2 Å². The maximum Gasteiger partial charge on any atom is 0.150 e. The first-order valence-electron chi connectivity index (χ1n) is 6.31. The Morgan fingerprint density at radius 3 is 2.79 bits per heavy atom. The minimum absolute atomic E-state index is 0.742. The summed E-state index contributed by atoms with van der Waals surface area (Å²) in [7, 11) is 2.01. The molecule has 2 aromatic rings. The summed E-state index contributed by atoms with van der Waals surface area (Å²) in [6, 6.07) is 7.85. The summed E-state index contributed by atoms with van der Waals surface area (Å²) < 4.78 is 1.93. The summed E-state index contributed by atoms with van der Waals surface area (Å²) in [5.74, 6) is 0.958. The molecule has 0 amide bonds. The van der Waals surface area contributed by atoms with Crippen LogP contribution < -0.4 is 10.6 Å². The molecule has 0 aliphatic carbocycles. The Bertz CT molecular complexity index is 577. The summed E-state index contributed by atoms with van der Waals surface area (Å²) in [6.45, 7) is 5.53. The normalized spacial score (nSPS) is 10.7. The van der Waals surface area contributed by atoms with Crippen molar-refractivity contribution in [3.63, 3.8) is 0 Å². The van der Waals surface area contributed by atoms with Crippen molar-refractivity contribution < 1.29 is 0 Å². The van der Waals surface area contributed by atoms with Crippen molar-refractivity contribution in [2.75, 3.05) is 17.7 Å². The van der Waals surface area contributed by atoms with Crippen LogP contribution >= 0.6 is 11.6 Å². The largest absolute Gasteiger partial charge is 0.394 e. The van der Waals surface area contributed by atoms with Crippen molar-refractivity contribution in [1.29, 1.82) is 0 Å². The Morgan fingerprint density at radius 1 is 1.42 bits per heavy atom. The molecule has 4 nitrogen and oxygen atoms in total. The van der Waals surface area contributed by atoms with E-state index in [-0.39, 0.29) is 0 Å². The smallest absolute Gasteiger partial charge is 0.150 e. The van der Waals surface area contributed by atoms with Crippen molar-refractivity contribution in [3.05, 3.63) is 40.5 Å². The maximum absolute atomic E-state index is 6.11. The van der Waals surface area contributed by atoms with E-state index in [9.17, 15) is 0 Å². The number of hydrogen-bond donors (Lipinski definition) is 1. The number of anilines is 2. The summed E-state index contributed by atoms with van der Waals surface area (Å²) in [4.78, 5) is 2.10. The Morgan fingerprint density at radius 2 is 2.16 bits per heavy atom. The van der Waals surface area contributed by atoms with Gasteiger partial charge in [-0.3, -0.25) is 0 Å². The van der Waals surface area contributed by atoms with Gasteiger partial charge in [-0.15, -0.1) is 0 Å². The van der Waals surface area contributed by atoms with E-state index in [4.69, 9.17) is 17.3 Å². The van der Waals surface area contributed by atoms with E-state index < -0.39 is 0 Å². The quantitative estimate of drug-likeness (QED) is 0.935. The molecule has 5 heteroatoms. The molecule has 2 N–H and O–H groups in total. The van der Waals surface area contributed by atoms with Crippen LogP contribution in [0.5, 0.6) is 0 Å². The lowest BCUT2D eigenvalue weighted by molar-refractivity contribution is 0.640. The third-order valence-corrected chi connectivity index (χ3v) is 3.35. The standard InChI is InChI=1S/C14H19ClN4/c1-4-19-14(13(16)10(2)17-19)18(3)9-11-6-5-7-12(15)8-11/h5-8H,4,9,16H2,1-3H3. The van der Waals surface area contributed by atoms with Gasteiger partial charge in [0.05, 0.1) is 11.4 Å². The number of aryl methyl sites for hydroxylation is 2. The molecule has 0 spiro atoms. The summed E-state index contributed by atoms with van der Waals surface area (Å²) in [6.07, 6.45) is 0. The lowest BCUT2D eigenvalue weighted by Crippen LogP contribution is -2.21. The average molecular weight is 279 g/mol. The van der Waals surface area contributed by atoms with Crippen LogP contribution in [0.15, 0.2) is 24.3 Å². The van der Waals surface area contributed by atoms with Gasteiger partial charge in [0.25, 0.3) is 0 Å². The zero-order valence-electron chi connectivity index (χ0n) is 11.5. The summed E-state index contributed by atoms with van der Waals surface area (Å²) in [5.41, 5.74) is 8.87. The molecule has 1 heterocycles. The zero-order valence-corrected chi connectivity index (χ0v) is 12.3. The lowest BCUT2D eigenvalue weighted by Gasteiger charge is -2.21. The third kappa shape index (κ3) is 2.84. The lowest BCUT2D eigenvalue weighted by atomic mass is 10.2. The van der Waals surface area contributed by atoms with Crippen LogP contribution in [-0.2, 0) is 13.1 Å². The van der Waals surface area contributed by atoms with Gasteiger partial charge >= 0.3 is 0 Å². The fourth-order valence-corrected chi connectivity index (χ4v) is 2.40. The van der Waals surface area contributed by atoms with Gasteiger partial charge in [0.15, 0.2) is 5.82 Å². The van der Waals surface area contributed by atoms with Crippen LogP contribution in [0.25, 0.3) is 0 Å². The topological polar surface area (TPSA) is 47.1 Å². The second-order valence-electron chi connectivity index (χ2n) is 4.62. The molecule has 0 saturated heterocycles. The van der Waals surface area contributed by atoms with Crippen molar-refractivity contribution in [2.45, 2.75) is 26.9 Å². The molecule has 1 aromatic heterocycles. The number of nitrogens with two attached hydrogens (primary N) is 1. The molecule has 0 aliphatic rings. The minimum Gasteiger partial charge on any atom is -0.394 e. The van der Waals surface area contributed by atoms with Crippen LogP contribution in [0.3, 0.4) is 0 Å². The van der Waals surface area contributed by atoms with Gasteiger partial charge in [-0.05, 0) is 31.5 Å². The van der Waals surface area contributed by atoms with E-state index in [2.05, 4.69) is 23.0 Å². The average Bonchev–Trinajstić information content (AvgIpc) is 2.65. The highest BCUT2D eigenvalue weighted by atomic mass is 35.5. The fraction of sp³-hybridized carbons (Fsp3) is 0.357. The number of rotatable bonds is 4. The molecule has 0 radical (unpaired) electrons. The molecule has 0 unspecified atom stereocenters. The molecule has 19 heavy (non-hydrogen) atoms. The Balaban J connectivity index is 2.27. The molecule has 2 rings (SSSR count). The first-order chi connectivity index (χ1) is 9.02. The molecule has 0 aliphatic heterocycles. The van der Waals surface area contributed by atoms with E-state index >= 15 is 0 Å². The molecule has 102 valence electrons. The number of aromatic nitrogens is 2. The molecule has 0 atom stereocenters. The zero-order chi connectivity index (χ0) is 14.0. The number of halogens is 1. The first kappa shape index (κ1) is 13.7. The van der Waals surface area contributed by atoms with Crippen LogP contribution in [0.4, 0.5) is 11.5 Å². The molecule has 0 fully saturated rings. The number of nitrogens with zero attached hydrogens (tertiary/aromatic N) is 3. The van der Waals surface area contributed by atoms with Crippen molar-refractivity contribution in [3.8, 4) is 0 Å². The summed E-state index contributed by atoms with van der Waals surface area (Å²) in [5, 5.41) is 5.18. The monoisotopic (exact) mass is 278 g/mol. The van der Waals surface area contributed by atoms with Gasteiger partial charge in [-0.1, -0.05) is 23.7 Å². The third-order valence-electron chi connectivity index (χ3n) is 3.12. The fourth-order valence-electron chi connectivity index (χ4n) is 2.19. The van der Waals surface area contributed by atoms with E-state index in [0.717, 1.165) is 40.9 Å². The van der Waals surface area contributed by atoms with Crippen LogP contribution in [0.2, 0.25) is 5.02 Å². The highest BCUT2D eigenvalue weighted by Gasteiger charge is 2.15. The number of hydrogen-bond acceptors (Lipinski definition) is 3. The number of benzene rings is 1. The maximum atomic E-state index is 6.11. The molecule has 0 saturated carbocycles. The molecular weight excluding hydrogens is 260 g/mol. The Kier molecular flexibility index (Phi) is 4.00. The van der Waals surface area contributed by atoms with Crippen molar-refractivity contribution in [2.24, 2.45) is 0 Å². The van der Waals surface area contributed by atoms with E-state index in [0.29, 0.717) is 0 Å². The van der Waals surface area contributed by atoms with E-state index in [1.165, 1.54) is 0 Å². The first-order valence-corrected chi connectivity index (χ1v) is 6.69. The predicted octanol–water partition coefficient (Wildman–Crippen LogP) is 3.08. The highest BCUT2D eigenvalue weighted by Crippen LogP contribution is 2.27. The van der Waals surface area contributed by atoms with Gasteiger partial charge in [0.1, 0.15) is 0 Å². The Labute approximate surface area is 118 Å². The molecular formula is C14H19ClN4. The van der Waals surface area contributed by atoms with Gasteiger partial charge in [0, 0.05) is 25.2 Å². The van der Waals surface area contributed by atoms with Crippen LogP contribution in [0, 0.1) is 6.92 Å². The van der Waals surface area contributed by atoms with Gasteiger partial charge in [-0.2, -0.15) is 5.10 Å². The van der Waals surface area contributed by atoms with E-state index in [1.807, 2.05) is 36.9 Å². The van der Waals surface area contributed by atoms with Gasteiger partial charge < -0.3 is 10.6 Å². The second-order valence-corrected chi connectivity index (χ2v) is 5.06. The molecule has 0 bridgehead atoms. The van der Waals surface area contributed by atoms with Gasteiger partial charge in [0.2, 0.25) is 0 Å². The predicted molar refractivity (Wildman–Crippen MR) is 80.6 cm³/mol. The summed E-state index contributed by atoms with van der Waals surface area (Å²) >= 11 is 6.01. The minimum atomic E-state index is 0.742. The SMILES string of the molecule is CCn1nc(C)c(N)c1N(C)Cc1cccc(Cl)c1. The van der Waals surface area contributed by atoms with Crippen molar-refractivity contribution >= 4 is 23.1 Å². The highest BCUT2D eigenvalue weighted by molar-refractivity contribution is 6.30.